The van der Waals surface area contributed by atoms with E-state index in [1.54, 1.807) is 25.1 Å². The van der Waals surface area contributed by atoms with Gasteiger partial charge in [-0.25, -0.2) is 0 Å². The van der Waals surface area contributed by atoms with Gasteiger partial charge in [0.05, 0.1) is 18.4 Å². The highest BCUT2D eigenvalue weighted by molar-refractivity contribution is 7.08. The van der Waals surface area contributed by atoms with Crippen molar-refractivity contribution in [2.75, 3.05) is 12.4 Å². The standard InChI is InChI=1S/C12H10N4O2S/c1-7-11(19-16-15-7)12(17)14-10-8(6-13)4-3-5-9(10)18-2/h3-5H,1-2H3,(H,14,17). The summed E-state index contributed by atoms with van der Waals surface area (Å²) in [4.78, 5) is 12.5. The molecule has 1 N–H and O–H groups in total. The fraction of sp³-hybridized carbons (Fsp3) is 0.167. The van der Waals surface area contributed by atoms with Crippen LogP contribution >= 0.6 is 11.5 Å². The molecule has 19 heavy (non-hydrogen) atoms. The lowest BCUT2D eigenvalue weighted by Gasteiger charge is -2.10. The molecule has 0 fully saturated rings. The van der Waals surface area contributed by atoms with Gasteiger partial charge in [0.1, 0.15) is 22.4 Å². The lowest BCUT2D eigenvalue weighted by atomic mass is 10.1. The number of anilines is 1. The molecule has 1 heterocycles. The van der Waals surface area contributed by atoms with E-state index in [0.29, 0.717) is 27.6 Å². The van der Waals surface area contributed by atoms with E-state index in [1.165, 1.54) is 7.11 Å². The molecule has 0 unspecified atom stereocenters. The van der Waals surface area contributed by atoms with Gasteiger partial charge in [0.2, 0.25) is 0 Å². The Balaban J connectivity index is 2.36. The Morgan fingerprint density at radius 3 is 2.89 bits per heavy atom. The first kappa shape index (κ1) is 13.0. The molecule has 1 aromatic heterocycles. The third-order valence-electron chi connectivity index (χ3n) is 2.46. The minimum Gasteiger partial charge on any atom is -0.495 e. The lowest BCUT2D eigenvalue weighted by molar-refractivity contribution is 0.102. The Kier molecular flexibility index (Phi) is 3.73. The number of nitrogens with zero attached hydrogens (tertiary/aromatic N) is 3. The number of nitriles is 1. The van der Waals surface area contributed by atoms with Crippen LogP contribution in [0.1, 0.15) is 20.9 Å². The highest BCUT2D eigenvalue weighted by Crippen LogP contribution is 2.28. The van der Waals surface area contributed by atoms with Crippen LogP contribution in [-0.2, 0) is 0 Å². The molecule has 96 valence electrons. The van der Waals surface area contributed by atoms with Crippen LogP contribution in [0.25, 0.3) is 0 Å². The van der Waals surface area contributed by atoms with E-state index in [1.807, 2.05) is 6.07 Å². The maximum Gasteiger partial charge on any atom is 0.269 e. The number of hydrogen-bond donors (Lipinski definition) is 1. The van der Waals surface area contributed by atoms with Crippen molar-refractivity contribution in [1.29, 1.82) is 5.26 Å². The first-order chi connectivity index (χ1) is 9.17. The zero-order chi connectivity index (χ0) is 13.8. The number of carbonyl (C=O) groups excluding carboxylic acids is 1. The zero-order valence-electron chi connectivity index (χ0n) is 10.3. The van der Waals surface area contributed by atoms with E-state index in [-0.39, 0.29) is 5.91 Å². The number of amides is 1. The van der Waals surface area contributed by atoms with Crippen molar-refractivity contribution in [2.24, 2.45) is 0 Å². The van der Waals surface area contributed by atoms with Gasteiger partial charge in [-0.05, 0) is 30.6 Å². The van der Waals surface area contributed by atoms with E-state index in [2.05, 4.69) is 14.9 Å². The van der Waals surface area contributed by atoms with Gasteiger partial charge in [0.15, 0.2) is 0 Å². The van der Waals surface area contributed by atoms with E-state index in [4.69, 9.17) is 10.00 Å². The molecule has 0 bridgehead atoms. The van der Waals surface area contributed by atoms with Gasteiger partial charge in [0, 0.05) is 0 Å². The van der Waals surface area contributed by atoms with E-state index < -0.39 is 0 Å². The predicted molar refractivity (Wildman–Crippen MR) is 70.3 cm³/mol. The number of carbonyl (C=O) groups is 1. The second kappa shape index (κ2) is 5.46. The van der Waals surface area contributed by atoms with Crippen LogP contribution in [0.2, 0.25) is 0 Å². The van der Waals surface area contributed by atoms with Gasteiger partial charge in [0.25, 0.3) is 5.91 Å². The predicted octanol–water partition coefficient (Wildman–Crippen LogP) is 1.98. The van der Waals surface area contributed by atoms with E-state index >= 15 is 0 Å². The van der Waals surface area contributed by atoms with Gasteiger partial charge in [-0.15, -0.1) is 5.10 Å². The van der Waals surface area contributed by atoms with Crippen molar-refractivity contribution < 1.29 is 9.53 Å². The molecule has 2 aromatic rings. The molecule has 0 saturated heterocycles. The van der Waals surface area contributed by atoms with Crippen LogP contribution < -0.4 is 10.1 Å². The highest BCUT2D eigenvalue weighted by Gasteiger charge is 2.17. The summed E-state index contributed by atoms with van der Waals surface area (Å²) in [5, 5.41) is 15.5. The Morgan fingerprint density at radius 1 is 1.53 bits per heavy atom. The van der Waals surface area contributed by atoms with Gasteiger partial charge in [-0.3, -0.25) is 4.79 Å². The Bertz CT molecular complexity index is 660. The summed E-state index contributed by atoms with van der Waals surface area (Å²) in [5.41, 5.74) is 1.24. The second-order valence-corrected chi connectivity index (χ2v) is 4.39. The molecule has 7 heteroatoms. The summed E-state index contributed by atoms with van der Waals surface area (Å²) >= 11 is 1.01. The summed E-state index contributed by atoms with van der Waals surface area (Å²) in [6.45, 7) is 1.70. The number of para-hydroxylation sites is 1. The summed E-state index contributed by atoms with van der Waals surface area (Å²) in [7, 11) is 1.48. The van der Waals surface area contributed by atoms with Gasteiger partial charge in [-0.1, -0.05) is 10.6 Å². The van der Waals surface area contributed by atoms with Crippen LogP contribution in [0, 0.1) is 18.3 Å². The average Bonchev–Trinajstić information content (AvgIpc) is 2.85. The maximum absolute atomic E-state index is 12.1. The molecule has 0 saturated carbocycles. The monoisotopic (exact) mass is 274 g/mol. The third-order valence-corrected chi connectivity index (χ3v) is 3.29. The number of methoxy groups -OCH3 is 1. The van der Waals surface area contributed by atoms with Crippen molar-refractivity contribution >= 4 is 23.1 Å². The largest absolute Gasteiger partial charge is 0.495 e. The minimum atomic E-state index is -0.353. The third kappa shape index (κ3) is 2.53. The first-order valence-electron chi connectivity index (χ1n) is 5.34. The molecule has 2 rings (SSSR count). The molecule has 0 atom stereocenters. The molecule has 0 aliphatic carbocycles. The van der Waals surface area contributed by atoms with Gasteiger partial charge in [-0.2, -0.15) is 5.26 Å². The number of hydrogen-bond acceptors (Lipinski definition) is 6. The van der Waals surface area contributed by atoms with Gasteiger partial charge >= 0.3 is 0 Å². The molecule has 6 nitrogen and oxygen atoms in total. The van der Waals surface area contributed by atoms with Crippen molar-refractivity contribution in [1.82, 2.24) is 9.59 Å². The topological polar surface area (TPSA) is 87.9 Å². The van der Waals surface area contributed by atoms with E-state index in [0.717, 1.165) is 11.5 Å². The van der Waals surface area contributed by atoms with Crippen LogP contribution in [-0.4, -0.2) is 22.6 Å². The minimum absolute atomic E-state index is 0.336. The number of aryl methyl sites for hydroxylation is 1. The number of ether oxygens (including phenoxy) is 1. The summed E-state index contributed by atoms with van der Waals surface area (Å²) < 4.78 is 8.85. The molecule has 0 aliphatic heterocycles. The summed E-state index contributed by atoms with van der Waals surface area (Å²) in [6, 6.07) is 6.98. The summed E-state index contributed by atoms with van der Waals surface area (Å²) in [6.07, 6.45) is 0. The van der Waals surface area contributed by atoms with Crippen LogP contribution in [0.5, 0.6) is 5.75 Å². The van der Waals surface area contributed by atoms with Crippen molar-refractivity contribution in [2.45, 2.75) is 6.92 Å². The van der Waals surface area contributed by atoms with Crippen molar-refractivity contribution in [3.05, 3.63) is 34.3 Å². The molecule has 1 amide bonds. The first-order valence-corrected chi connectivity index (χ1v) is 6.12. The Labute approximate surface area is 113 Å². The quantitative estimate of drug-likeness (QED) is 0.924. The molecule has 0 spiro atoms. The number of aromatic nitrogens is 2. The molecular formula is C12H10N4O2S. The van der Waals surface area contributed by atoms with Crippen molar-refractivity contribution in [3.8, 4) is 11.8 Å². The summed E-state index contributed by atoms with van der Waals surface area (Å²) in [5.74, 6) is 0.0797. The smallest absolute Gasteiger partial charge is 0.269 e. The number of benzene rings is 1. The van der Waals surface area contributed by atoms with E-state index in [9.17, 15) is 4.79 Å². The van der Waals surface area contributed by atoms with Gasteiger partial charge < -0.3 is 10.1 Å². The van der Waals surface area contributed by atoms with Crippen LogP contribution in [0.4, 0.5) is 5.69 Å². The Hall–Kier alpha value is -2.46. The highest BCUT2D eigenvalue weighted by atomic mass is 32.1. The Morgan fingerprint density at radius 2 is 2.32 bits per heavy atom. The number of rotatable bonds is 3. The average molecular weight is 274 g/mol. The van der Waals surface area contributed by atoms with Crippen molar-refractivity contribution in [3.63, 3.8) is 0 Å². The van der Waals surface area contributed by atoms with Crippen LogP contribution in [0.3, 0.4) is 0 Å². The second-order valence-electron chi connectivity index (χ2n) is 3.64. The SMILES string of the molecule is COc1cccc(C#N)c1NC(=O)c1snnc1C. The normalized spacial score (nSPS) is 9.74. The fourth-order valence-electron chi connectivity index (χ4n) is 1.53. The fourth-order valence-corrected chi connectivity index (χ4v) is 2.09. The lowest BCUT2D eigenvalue weighted by Crippen LogP contribution is -2.13. The molecule has 0 radical (unpaired) electrons. The maximum atomic E-state index is 12.1. The van der Waals surface area contributed by atoms with Crippen LogP contribution in [0.15, 0.2) is 18.2 Å². The number of nitrogens with one attached hydrogen (secondary N) is 1. The molecular weight excluding hydrogens is 264 g/mol. The molecule has 1 aromatic carbocycles. The molecule has 0 aliphatic rings. The zero-order valence-corrected chi connectivity index (χ0v) is 11.1.